The van der Waals surface area contributed by atoms with Gasteiger partial charge in [0.25, 0.3) is 0 Å². The highest BCUT2D eigenvalue weighted by molar-refractivity contribution is 14.0. The molecule has 2 heterocycles. The number of carbonyl (C=O) groups is 1. The van der Waals surface area contributed by atoms with Gasteiger partial charge in [-0.2, -0.15) is 0 Å². The molecule has 0 atom stereocenters. The van der Waals surface area contributed by atoms with Crippen LogP contribution in [0.1, 0.15) is 6.42 Å². The molecule has 0 aromatic carbocycles. The monoisotopic (exact) mass is 425 g/mol. The quantitative estimate of drug-likeness (QED) is 0.332. The fourth-order valence-corrected chi connectivity index (χ4v) is 2.66. The van der Waals surface area contributed by atoms with Crippen molar-refractivity contribution in [3.05, 3.63) is 11.6 Å². The number of anilines is 1. The summed E-state index contributed by atoms with van der Waals surface area (Å²) in [6.45, 7) is 3.74. The minimum atomic E-state index is -0.268. The summed E-state index contributed by atoms with van der Waals surface area (Å²) < 4.78 is 4.56. The number of halogens is 1. The number of carbonyl (C=O) groups excluding carboxylic acids is 1. The van der Waals surface area contributed by atoms with Crippen LogP contribution in [0, 0.1) is 0 Å². The maximum absolute atomic E-state index is 11.0. The molecule has 0 radical (unpaired) electrons. The average Bonchev–Trinajstić information content (AvgIpc) is 3.01. The molecule has 9 heteroatoms. The predicted molar refractivity (Wildman–Crippen MR) is 94.4 cm³/mol. The molecule has 1 aromatic heterocycles. The van der Waals surface area contributed by atoms with E-state index in [0.29, 0.717) is 12.5 Å². The third-order valence-corrected chi connectivity index (χ3v) is 3.94. The first-order valence-electron chi connectivity index (χ1n) is 6.47. The van der Waals surface area contributed by atoms with E-state index >= 15 is 0 Å². The van der Waals surface area contributed by atoms with Crippen molar-refractivity contribution < 1.29 is 9.53 Å². The Morgan fingerprint density at radius 1 is 1.48 bits per heavy atom. The largest absolute Gasteiger partial charge is 0.469 e. The van der Waals surface area contributed by atoms with Crippen molar-refractivity contribution in [2.45, 2.75) is 6.42 Å². The average molecular weight is 425 g/mol. The molecule has 21 heavy (non-hydrogen) atoms. The summed E-state index contributed by atoms with van der Waals surface area (Å²) in [7, 11) is 1.37. The van der Waals surface area contributed by atoms with Crippen LogP contribution in [0.3, 0.4) is 0 Å². The van der Waals surface area contributed by atoms with Crippen LogP contribution in [0.15, 0.2) is 16.6 Å². The van der Waals surface area contributed by atoms with Crippen LogP contribution in [-0.4, -0.2) is 61.6 Å². The van der Waals surface area contributed by atoms with E-state index in [4.69, 9.17) is 5.73 Å². The Balaban J connectivity index is 0.00000220. The van der Waals surface area contributed by atoms with Crippen molar-refractivity contribution in [2.75, 3.05) is 44.7 Å². The second-order valence-corrected chi connectivity index (χ2v) is 5.23. The first-order valence-corrected chi connectivity index (χ1v) is 7.35. The number of nitrogens with two attached hydrogens (primary N) is 1. The molecule has 1 fully saturated rings. The number of hydrogen-bond acceptors (Lipinski definition) is 6. The van der Waals surface area contributed by atoms with Crippen LogP contribution >= 0.6 is 35.3 Å². The fourth-order valence-electron chi connectivity index (χ4n) is 1.96. The zero-order valence-corrected chi connectivity index (χ0v) is 15.0. The third-order valence-electron chi connectivity index (χ3n) is 3.11. The summed E-state index contributed by atoms with van der Waals surface area (Å²) in [6, 6.07) is 0. The Morgan fingerprint density at radius 2 is 2.19 bits per heavy atom. The number of esters is 1. The molecule has 2 rings (SSSR count). The Kier molecular flexibility index (Phi) is 7.72. The number of guanidine groups is 1. The minimum absolute atomic E-state index is 0. The maximum Gasteiger partial charge on any atom is 0.307 e. The number of methoxy groups -OCH3 is 1. The molecule has 0 aliphatic carbocycles. The molecule has 118 valence electrons. The molecule has 7 nitrogen and oxygen atoms in total. The highest BCUT2D eigenvalue weighted by Gasteiger charge is 2.19. The SMILES string of the molecule is COC(=O)CCN=C(N)N1CCN(c2nccs2)CC1.I. The maximum atomic E-state index is 11.0. The number of rotatable bonds is 4. The van der Waals surface area contributed by atoms with E-state index < -0.39 is 0 Å². The van der Waals surface area contributed by atoms with Gasteiger partial charge in [0, 0.05) is 37.8 Å². The standard InChI is InChI=1S/C12H19N5O2S.HI/c1-19-10(18)2-3-14-11(13)16-5-7-17(8-6-16)12-15-4-9-20-12;/h4,9H,2-3,5-8H2,1H3,(H2,13,14);1H. The van der Waals surface area contributed by atoms with Crippen molar-refractivity contribution in [1.29, 1.82) is 0 Å². The second-order valence-electron chi connectivity index (χ2n) is 4.35. The minimum Gasteiger partial charge on any atom is -0.469 e. The molecule has 0 spiro atoms. The second kappa shape index (κ2) is 9.03. The van der Waals surface area contributed by atoms with Gasteiger partial charge >= 0.3 is 5.97 Å². The zero-order chi connectivity index (χ0) is 14.4. The lowest BCUT2D eigenvalue weighted by Gasteiger charge is -2.35. The van der Waals surface area contributed by atoms with Gasteiger partial charge in [0.1, 0.15) is 0 Å². The Morgan fingerprint density at radius 3 is 2.76 bits per heavy atom. The molecular formula is C12H20IN5O2S. The topological polar surface area (TPSA) is 84.0 Å². The van der Waals surface area contributed by atoms with Crippen LogP contribution in [0.4, 0.5) is 5.13 Å². The predicted octanol–water partition coefficient (Wildman–Crippen LogP) is 0.761. The van der Waals surface area contributed by atoms with Gasteiger partial charge in [-0.05, 0) is 0 Å². The van der Waals surface area contributed by atoms with Crippen LogP contribution < -0.4 is 10.6 Å². The van der Waals surface area contributed by atoms with Gasteiger partial charge in [0.05, 0.1) is 20.1 Å². The Bertz CT molecular complexity index is 460. The lowest BCUT2D eigenvalue weighted by Crippen LogP contribution is -2.51. The van der Waals surface area contributed by atoms with Gasteiger partial charge in [-0.25, -0.2) is 4.98 Å². The third kappa shape index (κ3) is 5.30. The van der Waals surface area contributed by atoms with E-state index in [1.807, 2.05) is 16.5 Å². The molecule has 1 aliphatic heterocycles. The molecule has 2 N–H and O–H groups in total. The summed E-state index contributed by atoms with van der Waals surface area (Å²) in [4.78, 5) is 23.8. The first kappa shape index (κ1) is 18.0. The number of thiazole rings is 1. The van der Waals surface area contributed by atoms with Crippen LogP contribution in [0.25, 0.3) is 0 Å². The molecular weight excluding hydrogens is 405 g/mol. The smallest absolute Gasteiger partial charge is 0.307 e. The number of nitrogens with zero attached hydrogens (tertiary/aromatic N) is 4. The molecule has 0 amide bonds. The first-order chi connectivity index (χ1) is 9.70. The highest BCUT2D eigenvalue weighted by Crippen LogP contribution is 2.18. The summed E-state index contributed by atoms with van der Waals surface area (Å²) in [5, 5.41) is 3.02. The van der Waals surface area contributed by atoms with Gasteiger partial charge < -0.3 is 20.3 Å². The van der Waals surface area contributed by atoms with Crippen LogP contribution in [-0.2, 0) is 9.53 Å². The van der Waals surface area contributed by atoms with Gasteiger partial charge in [-0.3, -0.25) is 9.79 Å². The molecule has 1 aromatic rings. The summed E-state index contributed by atoms with van der Waals surface area (Å²) >= 11 is 1.64. The molecule has 0 saturated carbocycles. The van der Waals surface area contributed by atoms with E-state index in [-0.39, 0.29) is 36.4 Å². The van der Waals surface area contributed by atoms with Crippen molar-refractivity contribution in [1.82, 2.24) is 9.88 Å². The lowest BCUT2D eigenvalue weighted by atomic mass is 10.3. The number of aromatic nitrogens is 1. The van der Waals surface area contributed by atoms with Gasteiger partial charge in [0.15, 0.2) is 11.1 Å². The Hall–Kier alpha value is -1.10. The lowest BCUT2D eigenvalue weighted by molar-refractivity contribution is -0.140. The van der Waals surface area contributed by atoms with Crippen LogP contribution in [0.2, 0.25) is 0 Å². The number of aliphatic imine (C=N–C) groups is 1. The van der Waals surface area contributed by atoms with E-state index in [9.17, 15) is 4.79 Å². The Labute approximate surface area is 145 Å². The van der Waals surface area contributed by atoms with E-state index in [0.717, 1.165) is 31.3 Å². The number of ether oxygens (including phenoxy) is 1. The van der Waals surface area contributed by atoms with E-state index in [1.54, 1.807) is 11.3 Å². The summed E-state index contributed by atoms with van der Waals surface area (Å²) in [6.07, 6.45) is 2.07. The van der Waals surface area contributed by atoms with Crippen molar-refractivity contribution >= 4 is 52.4 Å². The highest BCUT2D eigenvalue weighted by atomic mass is 127. The number of hydrogen-bond donors (Lipinski definition) is 1. The summed E-state index contributed by atoms with van der Waals surface area (Å²) in [5.74, 6) is 0.225. The zero-order valence-electron chi connectivity index (χ0n) is 11.9. The van der Waals surface area contributed by atoms with Gasteiger partial charge in [0.2, 0.25) is 0 Å². The van der Waals surface area contributed by atoms with Crippen molar-refractivity contribution in [3.8, 4) is 0 Å². The van der Waals surface area contributed by atoms with Crippen molar-refractivity contribution in [2.24, 2.45) is 10.7 Å². The van der Waals surface area contributed by atoms with Crippen LogP contribution in [0.5, 0.6) is 0 Å². The van der Waals surface area contributed by atoms with Gasteiger partial charge in [-0.15, -0.1) is 35.3 Å². The van der Waals surface area contributed by atoms with Gasteiger partial charge in [-0.1, -0.05) is 0 Å². The normalized spacial score (nSPS) is 15.6. The number of piperazine rings is 1. The summed E-state index contributed by atoms with van der Waals surface area (Å²) in [5.41, 5.74) is 5.93. The molecule has 1 saturated heterocycles. The molecule has 1 aliphatic rings. The van der Waals surface area contributed by atoms with E-state index in [1.165, 1.54) is 7.11 Å². The van der Waals surface area contributed by atoms with E-state index in [2.05, 4.69) is 19.6 Å². The fraction of sp³-hybridized carbons (Fsp3) is 0.583. The van der Waals surface area contributed by atoms with Crippen molar-refractivity contribution in [3.63, 3.8) is 0 Å². The molecule has 0 unspecified atom stereocenters. The molecule has 0 bridgehead atoms.